The lowest BCUT2D eigenvalue weighted by molar-refractivity contribution is 0.845. The Labute approximate surface area is 88.3 Å². The van der Waals surface area contributed by atoms with E-state index < -0.39 is 0 Å². The molecule has 0 rings (SSSR count). The van der Waals surface area contributed by atoms with E-state index in [2.05, 4.69) is 23.8 Å². The molecule has 2 N–H and O–H groups in total. The van der Waals surface area contributed by atoms with Gasteiger partial charge in [0.15, 0.2) is 0 Å². The van der Waals surface area contributed by atoms with Gasteiger partial charge in [0.1, 0.15) is 0 Å². The van der Waals surface area contributed by atoms with Gasteiger partial charge in [0.2, 0.25) is 0 Å². The molecule has 0 aliphatic heterocycles. The number of hydrogen-bond acceptors (Lipinski definition) is 2. The molecule has 0 spiro atoms. The summed E-state index contributed by atoms with van der Waals surface area (Å²) in [5, 5.41) is 5.80. The van der Waals surface area contributed by atoms with Gasteiger partial charge < -0.3 is 10.6 Å². The van der Waals surface area contributed by atoms with E-state index in [0.29, 0.717) is 0 Å². The van der Waals surface area contributed by atoms with Gasteiger partial charge in [-0.2, -0.15) is 0 Å². The molecule has 0 fully saturated rings. The SMILES string of the molecule is C=CCNCC=C.CNC.Cl.Cl. The lowest BCUT2D eigenvalue weighted by Gasteiger charge is -1.90. The fraction of sp³-hybridized carbons (Fsp3) is 0.500. The first-order valence-corrected chi connectivity index (χ1v) is 3.34. The van der Waals surface area contributed by atoms with E-state index in [1.54, 1.807) is 0 Å². The minimum atomic E-state index is 0. The van der Waals surface area contributed by atoms with Crippen LogP contribution in [-0.4, -0.2) is 27.2 Å². The fourth-order valence-corrected chi connectivity index (χ4v) is 0.287. The fourth-order valence-electron chi connectivity index (χ4n) is 0.287. The van der Waals surface area contributed by atoms with Gasteiger partial charge in [-0.3, -0.25) is 0 Å². The smallest absolute Gasteiger partial charge is 0.0135 e. The van der Waals surface area contributed by atoms with Gasteiger partial charge in [0.25, 0.3) is 0 Å². The van der Waals surface area contributed by atoms with E-state index in [-0.39, 0.29) is 24.8 Å². The molecular weight excluding hydrogens is 195 g/mol. The molecule has 12 heavy (non-hydrogen) atoms. The molecule has 0 saturated carbocycles. The van der Waals surface area contributed by atoms with Crippen molar-refractivity contribution in [3.05, 3.63) is 25.3 Å². The van der Waals surface area contributed by atoms with Crippen molar-refractivity contribution in [2.24, 2.45) is 0 Å². The van der Waals surface area contributed by atoms with Crippen molar-refractivity contribution in [1.82, 2.24) is 10.6 Å². The van der Waals surface area contributed by atoms with Crippen LogP contribution in [0.4, 0.5) is 0 Å². The Morgan fingerprint density at radius 2 is 1.25 bits per heavy atom. The first-order valence-electron chi connectivity index (χ1n) is 3.34. The maximum absolute atomic E-state index is 3.54. The quantitative estimate of drug-likeness (QED) is 0.550. The van der Waals surface area contributed by atoms with Crippen LogP contribution in [0, 0.1) is 0 Å². The molecular formula is C8H20Cl2N2. The first-order chi connectivity index (χ1) is 4.83. The Bertz CT molecular complexity index is 69.5. The van der Waals surface area contributed by atoms with Gasteiger partial charge in [0, 0.05) is 13.1 Å². The molecule has 0 heterocycles. The monoisotopic (exact) mass is 214 g/mol. The van der Waals surface area contributed by atoms with Crippen LogP contribution < -0.4 is 10.6 Å². The highest BCUT2D eigenvalue weighted by Gasteiger charge is 1.69. The van der Waals surface area contributed by atoms with E-state index >= 15 is 0 Å². The molecule has 2 nitrogen and oxygen atoms in total. The van der Waals surface area contributed by atoms with Gasteiger partial charge in [0.05, 0.1) is 0 Å². The third-order valence-electron chi connectivity index (χ3n) is 0.577. The normalized spacial score (nSPS) is 6.17. The Balaban J connectivity index is -0.0000000569. The maximum atomic E-state index is 3.54. The first kappa shape index (κ1) is 22.7. The average Bonchev–Trinajstić information content (AvgIpc) is 1.91. The minimum absolute atomic E-state index is 0. The predicted molar refractivity (Wildman–Crippen MR) is 62.7 cm³/mol. The van der Waals surface area contributed by atoms with E-state index in [1.165, 1.54) is 0 Å². The zero-order valence-electron chi connectivity index (χ0n) is 7.80. The molecule has 0 atom stereocenters. The lowest BCUT2D eigenvalue weighted by atomic mass is 10.5. The molecule has 0 unspecified atom stereocenters. The van der Waals surface area contributed by atoms with Crippen LogP contribution in [-0.2, 0) is 0 Å². The second-order valence-corrected chi connectivity index (χ2v) is 1.74. The van der Waals surface area contributed by atoms with Gasteiger partial charge in [-0.05, 0) is 14.1 Å². The van der Waals surface area contributed by atoms with E-state index in [9.17, 15) is 0 Å². The van der Waals surface area contributed by atoms with Crippen molar-refractivity contribution in [2.75, 3.05) is 27.2 Å². The topological polar surface area (TPSA) is 24.1 Å². The molecule has 0 saturated heterocycles. The number of rotatable bonds is 4. The third-order valence-corrected chi connectivity index (χ3v) is 0.577. The molecule has 76 valence electrons. The van der Waals surface area contributed by atoms with Crippen LogP contribution in [0.1, 0.15) is 0 Å². The van der Waals surface area contributed by atoms with Gasteiger partial charge in [-0.25, -0.2) is 0 Å². The second-order valence-electron chi connectivity index (χ2n) is 1.74. The highest BCUT2D eigenvalue weighted by Crippen LogP contribution is 1.59. The predicted octanol–water partition coefficient (Wildman–Crippen LogP) is 1.63. The molecule has 0 aromatic rings. The zero-order valence-corrected chi connectivity index (χ0v) is 9.43. The van der Waals surface area contributed by atoms with Gasteiger partial charge in [-0.1, -0.05) is 12.2 Å². The zero-order chi connectivity index (χ0) is 8.24. The van der Waals surface area contributed by atoms with Crippen LogP contribution in [0.5, 0.6) is 0 Å². The van der Waals surface area contributed by atoms with Gasteiger partial charge >= 0.3 is 0 Å². The van der Waals surface area contributed by atoms with E-state index in [4.69, 9.17) is 0 Å². The number of halogens is 2. The van der Waals surface area contributed by atoms with Crippen LogP contribution in [0.2, 0.25) is 0 Å². The summed E-state index contributed by atoms with van der Waals surface area (Å²) in [5.74, 6) is 0. The standard InChI is InChI=1S/C6H11N.C2H7N.2ClH/c1-3-5-7-6-4-2;1-3-2;;/h3-4,7H,1-2,5-6H2;3H,1-2H3;2*1H. The van der Waals surface area contributed by atoms with Crippen molar-refractivity contribution in [3.8, 4) is 0 Å². The molecule has 0 aromatic carbocycles. The van der Waals surface area contributed by atoms with Crippen LogP contribution in [0.25, 0.3) is 0 Å². The van der Waals surface area contributed by atoms with Crippen molar-refractivity contribution in [3.63, 3.8) is 0 Å². The highest BCUT2D eigenvalue weighted by atomic mass is 35.5. The summed E-state index contributed by atoms with van der Waals surface area (Å²) in [5.41, 5.74) is 0. The summed E-state index contributed by atoms with van der Waals surface area (Å²) in [6, 6.07) is 0. The summed E-state index contributed by atoms with van der Waals surface area (Å²) in [4.78, 5) is 0. The molecule has 0 aliphatic carbocycles. The summed E-state index contributed by atoms with van der Waals surface area (Å²) < 4.78 is 0. The van der Waals surface area contributed by atoms with Crippen molar-refractivity contribution < 1.29 is 0 Å². The highest BCUT2D eigenvalue weighted by molar-refractivity contribution is 5.85. The Morgan fingerprint density at radius 1 is 1.00 bits per heavy atom. The molecule has 0 aromatic heterocycles. The summed E-state index contributed by atoms with van der Waals surface area (Å²) in [7, 11) is 3.75. The van der Waals surface area contributed by atoms with Gasteiger partial charge in [-0.15, -0.1) is 38.0 Å². The molecule has 0 aliphatic rings. The number of hydrogen-bond donors (Lipinski definition) is 2. The largest absolute Gasteiger partial charge is 0.323 e. The van der Waals surface area contributed by atoms with Crippen LogP contribution in [0.15, 0.2) is 25.3 Å². The average molecular weight is 215 g/mol. The number of nitrogens with one attached hydrogen (secondary N) is 2. The third kappa shape index (κ3) is 50.8. The lowest BCUT2D eigenvalue weighted by Crippen LogP contribution is -2.11. The summed E-state index contributed by atoms with van der Waals surface area (Å²) in [6.07, 6.45) is 3.65. The van der Waals surface area contributed by atoms with E-state index in [1.807, 2.05) is 26.2 Å². The van der Waals surface area contributed by atoms with E-state index in [0.717, 1.165) is 13.1 Å². The van der Waals surface area contributed by atoms with Crippen molar-refractivity contribution >= 4 is 24.8 Å². The van der Waals surface area contributed by atoms with Crippen LogP contribution >= 0.6 is 24.8 Å². The molecule has 0 bridgehead atoms. The Hall–Kier alpha value is -0.0200. The Kier molecular flexibility index (Phi) is 57.8. The van der Waals surface area contributed by atoms with Crippen LogP contribution in [0.3, 0.4) is 0 Å². The summed E-state index contributed by atoms with van der Waals surface area (Å²) >= 11 is 0. The Morgan fingerprint density at radius 3 is 1.42 bits per heavy atom. The molecule has 4 heteroatoms. The minimum Gasteiger partial charge on any atom is -0.323 e. The maximum Gasteiger partial charge on any atom is 0.0135 e. The molecule has 0 amide bonds. The molecule has 0 radical (unpaired) electrons. The second kappa shape index (κ2) is 30.6. The van der Waals surface area contributed by atoms with Crippen molar-refractivity contribution in [2.45, 2.75) is 0 Å². The summed E-state index contributed by atoms with van der Waals surface area (Å²) in [6.45, 7) is 8.81. The van der Waals surface area contributed by atoms with Crippen molar-refractivity contribution in [1.29, 1.82) is 0 Å².